The van der Waals surface area contributed by atoms with Gasteiger partial charge in [0.2, 0.25) is 11.8 Å². The Morgan fingerprint density at radius 2 is 1.79 bits per heavy atom. The Morgan fingerprint density at radius 1 is 1.21 bits per heavy atom. The number of ether oxygens (including phenoxy) is 1. The van der Waals surface area contributed by atoms with Gasteiger partial charge in [-0.15, -0.1) is 0 Å². The second-order valence-electron chi connectivity index (χ2n) is 4.54. The zero-order valence-electron chi connectivity index (χ0n) is 12.7. The van der Waals surface area contributed by atoms with Crippen LogP contribution in [0.1, 0.15) is 27.7 Å². The summed E-state index contributed by atoms with van der Waals surface area (Å²) < 4.78 is 4.93. The lowest BCUT2D eigenvalue weighted by atomic mass is 10.2. The first-order valence-electron chi connectivity index (χ1n) is 6.76. The SMILES string of the molecule is CCN(CC)C(=O)C(C)NCC(=O)NC(C)COC. The van der Waals surface area contributed by atoms with E-state index in [1.807, 2.05) is 20.8 Å². The normalized spacial score (nSPS) is 13.7. The van der Waals surface area contributed by atoms with E-state index in [4.69, 9.17) is 4.74 Å². The van der Waals surface area contributed by atoms with Crippen molar-refractivity contribution in [3.8, 4) is 0 Å². The Bertz CT molecular complexity index is 280. The van der Waals surface area contributed by atoms with Crippen molar-refractivity contribution in [2.45, 2.75) is 39.8 Å². The minimum Gasteiger partial charge on any atom is -0.383 e. The van der Waals surface area contributed by atoms with E-state index in [0.29, 0.717) is 19.7 Å². The van der Waals surface area contributed by atoms with Crippen molar-refractivity contribution < 1.29 is 14.3 Å². The van der Waals surface area contributed by atoms with Crippen molar-refractivity contribution in [2.24, 2.45) is 0 Å². The Kier molecular flexibility index (Phi) is 9.16. The minimum absolute atomic E-state index is 0.0164. The second kappa shape index (κ2) is 9.75. The van der Waals surface area contributed by atoms with Crippen molar-refractivity contribution in [1.29, 1.82) is 0 Å². The van der Waals surface area contributed by atoms with E-state index in [1.165, 1.54) is 0 Å². The summed E-state index contributed by atoms with van der Waals surface area (Å²) in [5.74, 6) is -0.119. The fraction of sp³-hybridized carbons (Fsp3) is 0.846. The summed E-state index contributed by atoms with van der Waals surface area (Å²) in [6, 6.07) is -0.392. The van der Waals surface area contributed by atoms with Crippen LogP contribution in [-0.4, -0.2) is 62.1 Å². The molecule has 6 nitrogen and oxygen atoms in total. The molecular formula is C13H27N3O3. The molecule has 0 aromatic carbocycles. The van der Waals surface area contributed by atoms with E-state index in [9.17, 15) is 9.59 Å². The lowest BCUT2D eigenvalue weighted by Crippen LogP contribution is -2.49. The van der Waals surface area contributed by atoms with Gasteiger partial charge in [0.05, 0.1) is 19.2 Å². The van der Waals surface area contributed by atoms with Crippen LogP contribution in [0.2, 0.25) is 0 Å². The maximum atomic E-state index is 12.0. The standard InChI is InChI=1S/C13H27N3O3/c1-6-16(7-2)13(18)11(4)14-8-12(17)15-10(3)9-19-5/h10-11,14H,6-9H2,1-5H3,(H,15,17). The molecule has 19 heavy (non-hydrogen) atoms. The van der Waals surface area contributed by atoms with Gasteiger partial charge in [-0.2, -0.15) is 0 Å². The molecule has 2 N–H and O–H groups in total. The zero-order chi connectivity index (χ0) is 14.8. The molecule has 0 radical (unpaired) electrons. The number of nitrogens with one attached hydrogen (secondary N) is 2. The largest absolute Gasteiger partial charge is 0.383 e. The zero-order valence-corrected chi connectivity index (χ0v) is 12.7. The number of amides is 2. The number of likely N-dealkylation sites (N-methyl/N-ethyl adjacent to an activating group) is 1. The molecular weight excluding hydrogens is 246 g/mol. The van der Waals surface area contributed by atoms with Crippen molar-refractivity contribution in [2.75, 3.05) is 33.4 Å². The highest BCUT2D eigenvalue weighted by molar-refractivity contribution is 5.83. The van der Waals surface area contributed by atoms with Gasteiger partial charge < -0.3 is 15.0 Å². The second-order valence-corrected chi connectivity index (χ2v) is 4.54. The number of hydrogen-bond acceptors (Lipinski definition) is 4. The topological polar surface area (TPSA) is 70.7 Å². The van der Waals surface area contributed by atoms with Crippen molar-refractivity contribution >= 4 is 11.8 Å². The van der Waals surface area contributed by atoms with Gasteiger partial charge in [0.1, 0.15) is 0 Å². The summed E-state index contributed by atoms with van der Waals surface area (Å²) in [5, 5.41) is 5.72. The third-order valence-electron chi connectivity index (χ3n) is 2.84. The van der Waals surface area contributed by atoms with Gasteiger partial charge in [-0.05, 0) is 27.7 Å². The Labute approximate surface area is 115 Å². The molecule has 0 aromatic rings. The predicted octanol–water partition coefficient (Wildman–Crippen LogP) is -0.0160. The first kappa shape index (κ1) is 17.9. The van der Waals surface area contributed by atoms with Gasteiger partial charge in [-0.25, -0.2) is 0 Å². The Balaban J connectivity index is 4.04. The number of nitrogens with zero attached hydrogens (tertiary/aromatic N) is 1. The lowest BCUT2D eigenvalue weighted by Gasteiger charge is -2.23. The molecule has 0 aliphatic rings. The molecule has 2 amide bonds. The number of carbonyl (C=O) groups excluding carboxylic acids is 2. The van der Waals surface area contributed by atoms with E-state index < -0.39 is 0 Å². The van der Waals surface area contributed by atoms with Crippen LogP contribution in [0, 0.1) is 0 Å². The number of carbonyl (C=O) groups is 2. The smallest absolute Gasteiger partial charge is 0.239 e. The van der Waals surface area contributed by atoms with Crippen LogP contribution in [0.4, 0.5) is 0 Å². The Hall–Kier alpha value is -1.14. The lowest BCUT2D eigenvalue weighted by molar-refractivity contribution is -0.132. The third kappa shape index (κ3) is 7.12. The first-order valence-corrected chi connectivity index (χ1v) is 6.76. The molecule has 0 aromatic heterocycles. The molecule has 2 unspecified atom stereocenters. The Morgan fingerprint density at radius 3 is 2.26 bits per heavy atom. The maximum Gasteiger partial charge on any atom is 0.239 e. The van der Waals surface area contributed by atoms with Gasteiger partial charge in [0.25, 0.3) is 0 Å². The molecule has 6 heteroatoms. The molecule has 0 saturated heterocycles. The number of methoxy groups -OCH3 is 1. The third-order valence-corrected chi connectivity index (χ3v) is 2.84. The molecule has 0 aliphatic carbocycles. The van der Waals surface area contributed by atoms with E-state index in [-0.39, 0.29) is 30.4 Å². The van der Waals surface area contributed by atoms with Crippen LogP contribution in [0.15, 0.2) is 0 Å². The van der Waals surface area contributed by atoms with E-state index in [0.717, 1.165) is 0 Å². The van der Waals surface area contributed by atoms with E-state index >= 15 is 0 Å². The summed E-state index contributed by atoms with van der Waals surface area (Å²) in [5.41, 5.74) is 0. The molecule has 2 atom stereocenters. The highest BCUT2D eigenvalue weighted by Gasteiger charge is 2.18. The molecule has 112 valence electrons. The average molecular weight is 273 g/mol. The van der Waals surface area contributed by atoms with Crippen LogP contribution < -0.4 is 10.6 Å². The van der Waals surface area contributed by atoms with Crippen molar-refractivity contribution in [3.63, 3.8) is 0 Å². The van der Waals surface area contributed by atoms with Crippen molar-refractivity contribution in [3.05, 3.63) is 0 Å². The summed E-state index contributed by atoms with van der Waals surface area (Å²) in [6.45, 7) is 9.47. The average Bonchev–Trinajstić information content (AvgIpc) is 2.37. The fourth-order valence-corrected chi connectivity index (χ4v) is 1.76. The van der Waals surface area contributed by atoms with Gasteiger partial charge >= 0.3 is 0 Å². The highest BCUT2D eigenvalue weighted by atomic mass is 16.5. The van der Waals surface area contributed by atoms with Crippen LogP contribution in [0.25, 0.3) is 0 Å². The summed E-state index contributed by atoms with van der Waals surface area (Å²) >= 11 is 0. The number of hydrogen-bond donors (Lipinski definition) is 2. The minimum atomic E-state index is -0.358. The van der Waals surface area contributed by atoms with Gasteiger partial charge in [0.15, 0.2) is 0 Å². The quantitative estimate of drug-likeness (QED) is 0.619. The van der Waals surface area contributed by atoms with Crippen LogP contribution in [-0.2, 0) is 14.3 Å². The van der Waals surface area contributed by atoms with Crippen LogP contribution in [0.3, 0.4) is 0 Å². The van der Waals surface area contributed by atoms with E-state index in [1.54, 1.807) is 18.9 Å². The summed E-state index contributed by atoms with van der Waals surface area (Å²) in [7, 11) is 1.59. The van der Waals surface area contributed by atoms with Crippen molar-refractivity contribution in [1.82, 2.24) is 15.5 Å². The molecule has 0 bridgehead atoms. The molecule has 0 spiro atoms. The number of rotatable bonds is 9. The maximum absolute atomic E-state index is 12.0. The summed E-state index contributed by atoms with van der Waals surface area (Å²) in [6.07, 6.45) is 0. The van der Waals surface area contributed by atoms with Crippen LogP contribution in [0.5, 0.6) is 0 Å². The van der Waals surface area contributed by atoms with Gasteiger partial charge in [-0.1, -0.05) is 0 Å². The van der Waals surface area contributed by atoms with Gasteiger partial charge in [0, 0.05) is 26.2 Å². The van der Waals surface area contributed by atoms with E-state index in [2.05, 4.69) is 10.6 Å². The van der Waals surface area contributed by atoms with Gasteiger partial charge in [-0.3, -0.25) is 14.9 Å². The molecule has 0 rings (SSSR count). The monoisotopic (exact) mass is 273 g/mol. The van der Waals surface area contributed by atoms with Crippen LogP contribution >= 0.6 is 0 Å². The first-order chi connectivity index (χ1) is 8.96. The highest BCUT2D eigenvalue weighted by Crippen LogP contribution is 1.94. The summed E-state index contributed by atoms with van der Waals surface area (Å²) in [4.78, 5) is 25.3. The molecule has 0 saturated carbocycles. The predicted molar refractivity (Wildman–Crippen MR) is 74.9 cm³/mol. The molecule has 0 aliphatic heterocycles. The fourth-order valence-electron chi connectivity index (χ4n) is 1.76. The molecule has 0 heterocycles. The molecule has 0 fully saturated rings.